The lowest BCUT2D eigenvalue weighted by atomic mass is 9.92. The first-order chi connectivity index (χ1) is 10.1. The van der Waals surface area contributed by atoms with Gasteiger partial charge >= 0.3 is 12.0 Å². The predicted octanol–water partition coefficient (Wildman–Crippen LogP) is 2.27. The summed E-state index contributed by atoms with van der Waals surface area (Å²) in [5, 5.41) is 11.9. The number of hydrogen-bond donors (Lipinski definition) is 2. The van der Waals surface area contributed by atoms with Gasteiger partial charge in [-0.3, -0.25) is 0 Å². The summed E-state index contributed by atoms with van der Waals surface area (Å²) in [6.07, 6.45) is 4.17. The zero-order valence-corrected chi connectivity index (χ0v) is 12.3. The number of carboxylic acid groups (broad SMARTS) is 1. The molecule has 1 atom stereocenters. The van der Waals surface area contributed by atoms with Gasteiger partial charge in [0.15, 0.2) is 0 Å². The summed E-state index contributed by atoms with van der Waals surface area (Å²) in [5.74, 6) is -0.985. The van der Waals surface area contributed by atoms with Gasteiger partial charge in [-0.15, -0.1) is 0 Å². The van der Waals surface area contributed by atoms with Gasteiger partial charge in [0, 0.05) is 13.1 Å². The van der Waals surface area contributed by atoms with Gasteiger partial charge in [-0.25, -0.2) is 9.59 Å². The molecule has 2 amide bonds. The number of hydrogen-bond acceptors (Lipinski definition) is 2. The molecule has 0 bridgehead atoms. The molecular weight excluding hydrogens is 268 g/mol. The van der Waals surface area contributed by atoms with Crippen LogP contribution in [-0.2, 0) is 11.2 Å². The van der Waals surface area contributed by atoms with Gasteiger partial charge in [0.2, 0.25) is 0 Å². The molecule has 0 radical (unpaired) electrons. The third kappa shape index (κ3) is 4.21. The predicted molar refractivity (Wildman–Crippen MR) is 80.1 cm³/mol. The van der Waals surface area contributed by atoms with Crippen LogP contribution in [0.3, 0.4) is 0 Å². The normalized spacial score (nSPS) is 15.9. The van der Waals surface area contributed by atoms with Crippen molar-refractivity contribution in [2.45, 2.75) is 44.2 Å². The fourth-order valence-electron chi connectivity index (χ4n) is 2.40. The van der Waals surface area contributed by atoms with Crippen LogP contribution in [0.15, 0.2) is 30.3 Å². The average molecular weight is 290 g/mol. The number of carbonyl (C=O) groups is 2. The molecule has 1 aliphatic rings. The van der Waals surface area contributed by atoms with Crippen LogP contribution in [0.2, 0.25) is 0 Å². The topological polar surface area (TPSA) is 69.6 Å². The van der Waals surface area contributed by atoms with Crippen molar-refractivity contribution in [2.24, 2.45) is 0 Å². The highest BCUT2D eigenvalue weighted by molar-refractivity contribution is 5.82. The van der Waals surface area contributed by atoms with Crippen LogP contribution in [0, 0.1) is 0 Å². The summed E-state index contributed by atoms with van der Waals surface area (Å²) >= 11 is 0. The Morgan fingerprint density at radius 2 is 2.00 bits per heavy atom. The van der Waals surface area contributed by atoms with E-state index in [0.717, 1.165) is 24.8 Å². The maximum Gasteiger partial charge on any atom is 0.326 e. The lowest BCUT2D eigenvalue weighted by Crippen LogP contribution is -2.51. The van der Waals surface area contributed by atoms with Gasteiger partial charge in [-0.2, -0.15) is 0 Å². The Morgan fingerprint density at radius 1 is 1.33 bits per heavy atom. The molecular formula is C16H22N2O3. The molecule has 5 nitrogen and oxygen atoms in total. The third-order valence-electron chi connectivity index (χ3n) is 4.10. The second-order valence-corrected chi connectivity index (χ2v) is 5.56. The van der Waals surface area contributed by atoms with Gasteiger partial charge < -0.3 is 15.3 Å². The van der Waals surface area contributed by atoms with E-state index < -0.39 is 12.0 Å². The summed E-state index contributed by atoms with van der Waals surface area (Å²) in [6, 6.07) is 8.81. The van der Waals surface area contributed by atoms with E-state index >= 15 is 0 Å². The number of carbonyl (C=O) groups excluding carboxylic acids is 1. The van der Waals surface area contributed by atoms with Crippen LogP contribution in [0.1, 0.15) is 31.2 Å². The van der Waals surface area contributed by atoms with Crippen molar-refractivity contribution in [3.8, 4) is 0 Å². The van der Waals surface area contributed by atoms with E-state index in [1.165, 1.54) is 0 Å². The van der Waals surface area contributed by atoms with Crippen LogP contribution < -0.4 is 5.32 Å². The zero-order chi connectivity index (χ0) is 15.2. The molecule has 0 unspecified atom stereocenters. The highest BCUT2D eigenvalue weighted by atomic mass is 16.4. The van der Waals surface area contributed by atoms with Crippen molar-refractivity contribution in [2.75, 3.05) is 7.05 Å². The molecule has 1 aromatic rings. The molecule has 1 aliphatic carbocycles. The van der Waals surface area contributed by atoms with E-state index in [1.54, 1.807) is 11.9 Å². The zero-order valence-electron chi connectivity index (χ0n) is 12.3. The molecule has 0 aromatic heterocycles. The van der Waals surface area contributed by atoms with Gasteiger partial charge in [0.05, 0.1) is 0 Å². The molecule has 2 N–H and O–H groups in total. The van der Waals surface area contributed by atoms with Gasteiger partial charge in [-0.05, 0) is 37.7 Å². The Bertz CT molecular complexity index is 486. The molecule has 0 spiro atoms. The number of rotatable bonds is 6. The fourth-order valence-corrected chi connectivity index (χ4v) is 2.40. The molecule has 1 aromatic carbocycles. The summed E-state index contributed by atoms with van der Waals surface area (Å²) in [6.45, 7) is 0. The smallest absolute Gasteiger partial charge is 0.326 e. The maximum atomic E-state index is 12.1. The van der Waals surface area contributed by atoms with Crippen LogP contribution in [0.4, 0.5) is 4.79 Å². The van der Waals surface area contributed by atoms with Crippen molar-refractivity contribution in [3.05, 3.63) is 35.9 Å². The monoisotopic (exact) mass is 290 g/mol. The average Bonchev–Trinajstić information content (AvgIpc) is 2.42. The largest absolute Gasteiger partial charge is 0.480 e. The Labute approximate surface area is 125 Å². The molecule has 0 heterocycles. The van der Waals surface area contributed by atoms with E-state index in [1.807, 2.05) is 30.3 Å². The molecule has 1 fully saturated rings. The lowest BCUT2D eigenvalue weighted by molar-refractivity contribution is -0.139. The lowest BCUT2D eigenvalue weighted by Gasteiger charge is -2.35. The Hall–Kier alpha value is -2.04. The van der Waals surface area contributed by atoms with Gasteiger partial charge in [0.25, 0.3) is 0 Å². The summed E-state index contributed by atoms with van der Waals surface area (Å²) < 4.78 is 0. The van der Waals surface area contributed by atoms with Crippen molar-refractivity contribution in [1.82, 2.24) is 10.2 Å². The number of urea groups is 1. The number of nitrogens with one attached hydrogen (secondary N) is 1. The standard InChI is InChI=1S/C16H22N2O3/c1-18(13-8-5-9-13)16(21)17-14(15(19)20)11-10-12-6-3-2-4-7-12/h2-4,6-7,13-14H,5,8-11H2,1H3,(H,17,21)(H,19,20)/t14-/m0/s1. The minimum Gasteiger partial charge on any atom is -0.480 e. The molecule has 114 valence electrons. The first-order valence-corrected chi connectivity index (χ1v) is 7.38. The minimum atomic E-state index is -0.985. The first kappa shape index (κ1) is 15.4. The summed E-state index contributed by atoms with van der Waals surface area (Å²) in [5.41, 5.74) is 1.07. The second kappa shape index (κ2) is 7.11. The Kier molecular flexibility index (Phi) is 5.20. The van der Waals surface area contributed by atoms with Crippen LogP contribution in [0.5, 0.6) is 0 Å². The number of aryl methyl sites for hydroxylation is 1. The maximum absolute atomic E-state index is 12.1. The van der Waals surface area contributed by atoms with Crippen LogP contribution in [0.25, 0.3) is 0 Å². The number of amides is 2. The highest BCUT2D eigenvalue weighted by Gasteiger charge is 2.28. The Balaban J connectivity index is 1.86. The van der Waals surface area contributed by atoms with E-state index in [0.29, 0.717) is 12.8 Å². The first-order valence-electron chi connectivity index (χ1n) is 7.38. The fraction of sp³-hybridized carbons (Fsp3) is 0.500. The SMILES string of the molecule is CN(C(=O)N[C@@H](CCc1ccccc1)C(=O)O)C1CCC1. The molecule has 21 heavy (non-hydrogen) atoms. The molecule has 2 rings (SSSR count). The van der Waals surface area contributed by atoms with Crippen molar-refractivity contribution in [3.63, 3.8) is 0 Å². The highest BCUT2D eigenvalue weighted by Crippen LogP contribution is 2.23. The minimum absolute atomic E-state index is 0.258. The van der Waals surface area contributed by atoms with Crippen LogP contribution >= 0.6 is 0 Å². The third-order valence-corrected chi connectivity index (χ3v) is 4.10. The number of nitrogens with zero attached hydrogens (tertiary/aromatic N) is 1. The van der Waals surface area contributed by atoms with Crippen molar-refractivity contribution in [1.29, 1.82) is 0 Å². The number of carboxylic acids is 1. The Morgan fingerprint density at radius 3 is 2.52 bits per heavy atom. The molecule has 0 aliphatic heterocycles. The molecule has 0 saturated heterocycles. The van der Waals surface area contributed by atoms with E-state index in [2.05, 4.69) is 5.32 Å². The molecule has 1 saturated carbocycles. The summed E-state index contributed by atoms with van der Waals surface area (Å²) in [7, 11) is 1.73. The number of aliphatic carboxylic acids is 1. The van der Waals surface area contributed by atoms with Crippen molar-refractivity contribution >= 4 is 12.0 Å². The quantitative estimate of drug-likeness (QED) is 0.844. The van der Waals surface area contributed by atoms with Gasteiger partial charge in [-0.1, -0.05) is 30.3 Å². The van der Waals surface area contributed by atoms with E-state index in [9.17, 15) is 14.7 Å². The molecule has 5 heteroatoms. The van der Waals surface area contributed by atoms with Crippen LogP contribution in [-0.4, -0.2) is 41.1 Å². The van der Waals surface area contributed by atoms with Gasteiger partial charge in [0.1, 0.15) is 6.04 Å². The van der Waals surface area contributed by atoms with E-state index in [-0.39, 0.29) is 12.1 Å². The van der Waals surface area contributed by atoms with E-state index in [4.69, 9.17) is 0 Å². The summed E-state index contributed by atoms with van der Waals surface area (Å²) in [4.78, 5) is 25.0. The van der Waals surface area contributed by atoms with Crippen molar-refractivity contribution < 1.29 is 14.7 Å². The number of benzene rings is 1. The second-order valence-electron chi connectivity index (χ2n) is 5.56.